The number of rotatable bonds is 2. The zero-order chi connectivity index (χ0) is 14.7. The van der Waals surface area contributed by atoms with Crippen molar-refractivity contribution >= 4 is 12.0 Å². The molecule has 0 saturated carbocycles. The fourth-order valence-corrected chi connectivity index (χ4v) is 3.04. The lowest BCUT2D eigenvalue weighted by molar-refractivity contribution is -0.139. The molecule has 0 aliphatic carbocycles. The molecular weight excluding hydrogens is 268 g/mol. The van der Waals surface area contributed by atoms with Gasteiger partial charge < -0.3 is 14.5 Å². The van der Waals surface area contributed by atoms with E-state index >= 15 is 0 Å². The number of piperazine rings is 1. The second-order valence-electron chi connectivity index (χ2n) is 5.62. The second-order valence-corrected chi connectivity index (χ2v) is 5.62. The summed E-state index contributed by atoms with van der Waals surface area (Å²) in [7, 11) is 0. The van der Waals surface area contributed by atoms with Crippen LogP contribution >= 0.6 is 0 Å². The maximum atomic E-state index is 12.1. The fraction of sp³-hybridized carbons (Fsp3) is 0.500. The van der Waals surface area contributed by atoms with Crippen molar-refractivity contribution in [1.29, 1.82) is 0 Å². The Bertz CT molecular complexity index is 518. The van der Waals surface area contributed by atoms with Crippen LogP contribution in [0.25, 0.3) is 0 Å². The lowest BCUT2D eigenvalue weighted by Crippen LogP contribution is -2.58. The number of hydrogen-bond acceptors (Lipinski definition) is 3. The van der Waals surface area contributed by atoms with Crippen LogP contribution in [0.1, 0.15) is 24.8 Å². The predicted molar refractivity (Wildman–Crippen MR) is 77.6 cm³/mol. The zero-order valence-corrected chi connectivity index (χ0v) is 12.0. The fourth-order valence-electron chi connectivity index (χ4n) is 3.04. The van der Waals surface area contributed by atoms with Gasteiger partial charge >= 0.3 is 6.09 Å². The van der Waals surface area contributed by atoms with Crippen LogP contribution in [-0.4, -0.2) is 47.5 Å². The number of piperidine rings is 1. The molecule has 2 saturated heterocycles. The van der Waals surface area contributed by atoms with Crippen LogP contribution in [0.3, 0.4) is 0 Å². The normalized spacial score (nSPS) is 21.9. The van der Waals surface area contributed by atoms with Crippen LogP contribution in [0.2, 0.25) is 0 Å². The van der Waals surface area contributed by atoms with Gasteiger partial charge in [-0.05, 0) is 18.4 Å². The highest BCUT2D eigenvalue weighted by atomic mass is 16.6. The van der Waals surface area contributed by atoms with E-state index in [0.717, 1.165) is 18.4 Å². The maximum Gasteiger partial charge on any atom is 0.410 e. The van der Waals surface area contributed by atoms with E-state index in [-0.39, 0.29) is 18.0 Å². The highest BCUT2D eigenvalue weighted by Crippen LogP contribution is 2.22. The Morgan fingerprint density at radius 1 is 1.24 bits per heavy atom. The smallest absolute Gasteiger partial charge is 0.410 e. The molecule has 2 amide bonds. The third kappa shape index (κ3) is 3.17. The average molecular weight is 288 g/mol. The zero-order valence-electron chi connectivity index (χ0n) is 12.0. The van der Waals surface area contributed by atoms with Crippen LogP contribution in [-0.2, 0) is 16.1 Å². The third-order valence-corrected chi connectivity index (χ3v) is 4.19. The molecule has 0 N–H and O–H groups in total. The van der Waals surface area contributed by atoms with Crippen molar-refractivity contribution in [1.82, 2.24) is 9.80 Å². The van der Waals surface area contributed by atoms with Crippen LogP contribution < -0.4 is 0 Å². The van der Waals surface area contributed by atoms with Crippen LogP contribution in [0.15, 0.2) is 30.3 Å². The van der Waals surface area contributed by atoms with E-state index in [2.05, 4.69) is 0 Å². The molecule has 112 valence electrons. The van der Waals surface area contributed by atoms with E-state index in [1.807, 2.05) is 35.2 Å². The SMILES string of the molecule is O=C(OCc1ccccc1)N1CCN2C(=O)CCC[C@H]2C1. The summed E-state index contributed by atoms with van der Waals surface area (Å²) in [4.78, 5) is 27.6. The van der Waals surface area contributed by atoms with Gasteiger partial charge in [0.25, 0.3) is 0 Å². The van der Waals surface area contributed by atoms with Gasteiger partial charge in [0.15, 0.2) is 0 Å². The number of nitrogens with zero attached hydrogens (tertiary/aromatic N) is 2. The molecule has 0 spiro atoms. The van der Waals surface area contributed by atoms with Gasteiger partial charge in [0.2, 0.25) is 5.91 Å². The summed E-state index contributed by atoms with van der Waals surface area (Å²) in [5.74, 6) is 0.226. The van der Waals surface area contributed by atoms with Gasteiger partial charge in [-0.1, -0.05) is 30.3 Å². The molecule has 21 heavy (non-hydrogen) atoms. The molecule has 5 nitrogen and oxygen atoms in total. The first-order valence-electron chi connectivity index (χ1n) is 7.49. The van der Waals surface area contributed by atoms with Gasteiger partial charge in [0.05, 0.1) is 0 Å². The van der Waals surface area contributed by atoms with E-state index < -0.39 is 0 Å². The standard InChI is InChI=1S/C16H20N2O3/c19-15-8-4-7-14-11-17(9-10-18(14)15)16(20)21-12-13-5-2-1-3-6-13/h1-3,5-6,14H,4,7-12H2/t14-/m0/s1. The Morgan fingerprint density at radius 3 is 2.86 bits per heavy atom. The van der Waals surface area contributed by atoms with Gasteiger partial charge in [-0.2, -0.15) is 0 Å². The molecule has 1 aromatic rings. The Morgan fingerprint density at radius 2 is 2.05 bits per heavy atom. The Balaban J connectivity index is 1.53. The molecule has 0 unspecified atom stereocenters. The number of fused-ring (bicyclic) bond motifs is 1. The van der Waals surface area contributed by atoms with Crippen molar-refractivity contribution in [3.05, 3.63) is 35.9 Å². The third-order valence-electron chi connectivity index (χ3n) is 4.19. The largest absolute Gasteiger partial charge is 0.445 e. The molecule has 0 bridgehead atoms. The number of carbonyl (C=O) groups excluding carboxylic acids is 2. The summed E-state index contributed by atoms with van der Waals surface area (Å²) in [6.07, 6.45) is 2.27. The summed E-state index contributed by atoms with van der Waals surface area (Å²) in [5, 5.41) is 0. The lowest BCUT2D eigenvalue weighted by atomic mass is 9.99. The van der Waals surface area contributed by atoms with Crippen molar-refractivity contribution in [3.8, 4) is 0 Å². The number of hydrogen-bond donors (Lipinski definition) is 0. The van der Waals surface area contributed by atoms with Gasteiger partial charge in [-0.15, -0.1) is 0 Å². The van der Waals surface area contributed by atoms with Crippen LogP contribution in [0.4, 0.5) is 4.79 Å². The van der Waals surface area contributed by atoms with Gasteiger partial charge in [0, 0.05) is 32.1 Å². The Kier molecular flexibility index (Phi) is 4.08. The Hall–Kier alpha value is -2.04. The molecule has 2 fully saturated rings. The topological polar surface area (TPSA) is 49.9 Å². The summed E-state index contributed by atoms with van der Waals surface area (Å²) in [6.45, 7) is 2.09. The number of benzene rings is 1. The van der Waals surface area contributed by atoms with Crippen molar-refractivity contribution in [2.24, 2.45) is 0 Å². The first-order valence-corrected chi connectivity index (χ1v) is 7.49. The van der Waals surface area contributed by atoms with Crippen molar-refractivity contribution in [3.63, 3.8) is 0 Å². The summed E-state index contributed by atoms with van der Waals surface area (Å²) < 4.78 is 5.36. The molecule has 0 aromatic heterocycles. The van der Waals surface area contributed by atoms with Gasteiger partial charge in [-0.25, -0.2) is 4.79 Å². The first kappa shape index (κ1) is 13.9. The maximum absolute atomic E-state index is 12.1. The molecule has 1 atom stereocenters. The molecule has 5 heteroatoms. The highest BCUT2D eigenvalue weighted by Gasteiger charge is 2.35. The molecule has 2 aliphatic heterocycles. The van der Waals surface area contributed by atoms with Crippen LogP contribution in [0.5, 0.6) is 0 Å². The van der Waals surface area contributed by atoms with E-state index in [1.165, 1.54) is 0 Å². The minimum atomic E-state index is -0.281. The minimum absolute atomic E-state index is 0.171. The molecular formula is C16H20N2O3. The predicted octanol–water partition coefficient (Wildman–Crippen LogP) is 2.02. The first-order chi connectivity index (χ1) is 10.2. The van der Waals surface area contributed by atoms with Crippen LogP contribution in [0, 0.1) is 0 Å². The minimum Gasteiger partial charge on any atom is -0.445 e. The Labute approximate surface area is 124 Å². The van der Waals surface area contributed by atoms with Crippen molar-refractivity contribution < 1.29 is 14.3 Å². The van der Waals surface area contributed by atoms with E-state index in [4.69, 9.17) is 4.74 Å². The highest BCUT2D eigenvalue weighted by molar-refractivity contribution is 5.78. The number of carbonyl (C=O) groups is 2. The molecule has 0 radical (unpaired) electrons. The average Bonchev–Trinajstić information content (AvgIpc) is 2.53. The molecule has 3 rings (SSSR count). The molecule has 1 aromatic carbocycles. The quantitative estimate of drug-likeness (QED) is 0.836. The van der Waals surface area contributed by atoms with Gasteiger partial charge in [-0.3, -0.25) is 4.79 Å². The monoisotopic (exact) mass is 288 g/mol. The van der Waals surface area contributed by atoms with Crippen molar-refractivity contribution in [2.45, 2.75) is 31.9 Å². The van der Waals surface area contributed by atoms with E-state index in [1.54, 1.807) is 4.90 Å². The summed E-state index contributed by atoms with van der Waals surface area (Å²) in [6, 6.07) is 9.83. The number of ether oxygens (including phenoxy) is 1. The second kappa shape index (κ2) is 6.16. The summed E-state index contributed by atoms with van der Waals surface area (Å²) in [5.41, 5.74) is 0.984. The van der Waals surface area contributed by atoms with Crippen molar-refractivity contribution in [2.75, 3.05) is 19.6 Å². The number of amides is 2. The molecule has 2 heterocycles. The van der Waals surface area contributed by atoms with Gasteiger partial charge in [0.1, 0.15) is 6.61 Å². The lowest BCUT2D eigenvalue weighted by Gasteiger charge is -2.43. The van der Waals surface area contributed by atoms with E-state index in [9.17, 15) is 9.59 Å². The summed E-state index contributed by atoms with van der Waals surface area (Å²) >= 11 is 0. The molecule has 2 aliphatic rings. The van der Waals surface area contributed by atoms with E-state index in [0.29, 0.717) is 32.7 Å².